The highest BCUT2D eigenvalue weighted by atomic mass is 35.5. The Kier molecular flexibility index (Phi) is 9.86. The highest BCUT2D eigenvalue weighted by Crippen LogP contribution is 2.06. The number of hydrogen-bond acceptors (Lipinski definition) is 3. The third-order valence-corrected chi connectivity index (χ3v) is 3.23. The standard InChI is InChI=1S/C17H28N2O2.ClH/c1-13(2)11-19(12-14(3)4)9-10-21-17(20)15-5-7-16(18)8-6-15;/h5-8,13-14H,9-12,18H2,1-4H3;1H. The molecule has 0 atom stereocenters. The van der Waals surface area contributed by atoms with Gasteiger partial charge in [0.1, 0.15) is 13.2 Å². The average Bonchev–Trinajstić information content (AvgIpc) is 2.37. The van der Waals surface area contributed by atoms with E-state index in [0.29, 0.717) is 29.7 Å². The van der Waals surface area contributed by atoms with E-state index in [4.69, 9.17) is 10.5 Å². The molecule has 1 aromatic rings. The Hall–Kier alpha value is -1.26. The molecule has 0 saturated carbocycles. The van der Waals surface area contributed by atoms with Crippen LogP contribution in [0, 0.1) is 11.8 Å². The molecule has 4 nitrogen and oxygen atoms in total. The highest BCUT2D eigenvalue weighted by molar-refractivity contribution is 5.89. The molecule has 0 unspecified atom stereocenters. The Bertz CT molecular complexity index is 423. The van der Waals surface area contributed by atoms with Crippen molar-refractivity contribution < 1.29 is 26.8 Å². The minimum absolute atomic E-state index is 0. The number of halogens is 1. The smallest absolute Gasteiger partial charge is 0.338 e. The van der Waals surface area contributed by atoms with E-state index in [-0.39, 0.29) is 18.4 Å². The largest absolute Gasteiger partial charge is 1.00 e. The molecule has 5 heteroatoms. The van der Waals surface area contributed by atoms with Crippen molar-refractivity contribution in [3.8, 4) is 0 Å². The number of ether oxygens (including phenoxy) is 1. The van der Waals surface area contributed by atoms with Gasteiger partial charge in [-0.25, -0.2) is 4.79 Å². The maximum atomic E-state index is 11.9. The Morgan fingerprint density at radius 2 is 1.59 bits per heavy atom. The summed E-state index contributed by atoms with van der Waals surface area (Å²) < 4.78 is 5.36. The van der Waals surface area contributed by atoms with Crippen LogP contribution in [-0.2, 0) is 4.74 Å². The number of carbonyl (C=O) groups excluding carboxylic acids is 1. The summed E-state index contributed by atoms with van der Waals surface area (Å²) in [7, 11) is 0. The van der Waals surface area contributed by atoms with Crippen molar-refractivity contribution in [2.45, 2.75) is 27.7 Å². The van der Waals surface area contributed by atoms with Gasteiger partial charge in [0.15, 0.2) is 0 Å². The van der Waals surface area contributed by atoms with Crippen LogP contribution >= 0.6 is 0 Å². The second-order valence-corrected chi connectivity index (χ2v) is 6.45. The van der Waals surface area contributed by atoms with Crippen molar-refractivity contribution in [2.24, 2.45) is 11.8 Å². The molecule has 1 aromatic carbocycles. The molecule has 0 bridgehead atoms. The van der Waals surface area contributed by atoms with Crippen LogP contribution in [0.2, 0.25) is 0 Å². The van der Waals surface area contributed by atoms with Gasteiger partial charge in [0.2, 0.25) is 0 Å². The number of nitrogens with one attached hydrogen (secondary N) is 1. The van der Waals surface area contributed by atoms with Gasteiger partial charge in [-0.1, -0.05) is 27.7 Å². The van der Waals surface area contributed by atoms with Crippen LogP contribution in [0.3, 0.4) is 0 Å². The predicted molar refractivity (Wildman–Crippen MR) is 86.4 cm³/mol. The highest BCUT2D eigenvalue weighted by Gasteiger charge is 2.14. The van der Waals surface area contributed by atoms with Gasteiger partial charge >= 0.3 is 5.97 Å². The maximum absolute atomic E-state index is 11.9. The third kappa shape index (κ3) is 8.25. The van der Waals surface area contributed by atoms with Crippen LogP contribution in [0.5, 0.6) is 0 Å². The number of anilines is 1. The average molecular weight is 329 g/mol. The van der Waals surface area contributed by atoms with Gasteiger partial charge in [0.05, 0.1) is 18.7 Å². The second-order valence-electron chi connectivity index (χ2n) is 6.45. The first-order valence-corrected chi connectivity index (χ1v) is 7.74. The molecule has 0 aliphatic carbocycles. The van der Waals surface area contributed by atoms with Crippen molar-refractivity contribution in [2.75, 3.05) is 32.0 Å². The molecule has 0 amide bonds. The zero-order valence-corrected chi connectivity index (χ0v) is 14.8. The summed E-state index contributed by atoms with van der Waals surface area (Å²) >= 11 is 0. The number of quaternary nitrogens is 1. The van der Waals surface area contributed by atoms with Crippen molar-refractivity contribution in [1.29, 1.82) is 0 Å². The summed E-state index contributed by atoms with van der Waals surface area (Å²) in [5.41, 5.74) is 6.81. The molecule has 22 heavy (non-hydrogen) atoms. The molecular formula is C17H29ClN2O2. The van der Waals surface area contributed by atoms with E-state index >= 15 is 0 Å². The number of nitrogen functional groups attached to an aromatic ring is 1. The van der Waals surface area contributed by atoms with Gasteiger partial charge in [-0.2, -0.15) is 0 Å². The van der Waals surface area contributed by atoms with Gasteiger partial charge in [-0.15, -0.1) is 0 Å². The summed E-state index contributed by atoms with van der Waals surface area (Å²) in [6.07, 6.45) is 0. The topological polar surface area (TPSA) is 56.8 Å². The van der Waals surface area contributed by atoms with E-state index in [9.17, 15) is 4.79 Å². The summed E-state index contributed by atoms with van der Waals surface area (Å²) in [6.45, 7) is 12.4. The van der Waals surface area contributed by atoms with E-state index in [1.54, 1.807) is 24.3 Å². The number of rotatable bonds is 8. The van der Waals surface area contributed by atoms with Crippen LogP contribution in [0.15, 0.2) is 24.3 Å². The number of benzene rings is 1. The molecular weight excluding hydrogens is 300 g/mol. The van der Waals surface area contributed by atoms with E-state index in [1.807, 2.05) is 0 Å². The van der Waals surface area contributed by atoms with Crippen molar-refractivity contribution in [1.82, 2.24) is 0 Å². The molecule has 0 aliphatic heterocycles. The third-order valence-electron chi connectivity index (χ3n) is 3.23. The maximum Gasteiger partial charge on any atom is 0.338 e. The molecule has 0 aromatic heterocycles. The van der Waals surface area contributed by atoms with Gasteiger partial charge in [-0.3, -0.25) is 0 Å². The van der Waals surface area contributed by atoms with Crippen molar-refractivity contribution >= 4 is 11.7 Å². The minimum Gasteiger partial charge on any atom is -1.00 e. The molecule has 3 N–H and O–H groups in total. The first-order valence-electron chi connectivity index (χ1n) is 7.74. The number of nitrogens with two attached hydrogens (primary N) is 1. The lowest BCUT2D eigenvalue weighted by atomic mass is 10.1. The van der Waals surface area contributed by atoms with E-state index in [2.05, 4.69) is 27.7 Å². The molecule has 0 aliphatic rings. The quantitative estimate of drug-likeness (QED) is 0.457. The first kappa shape index (κ1) is 20.7. The Balaban J connectivity index is 0.00000441. The second kappa shape index (κ2) is 10.5. The molecule has 0 heterocycles. The zero-order valence-electron chi connectivity index (χ0n) is 14.1. The van der Waals surface area contributed by atoms with Crippen molar-refractivity contribution in [3.63, 3.8) is 0 Å². The van der Waals surface area contributed by atoms with Crippen LogP contribution in [0.25, 0.3) is 0 Å². The number of hydrogen-bond donors (Lipinski definition) is 2. The van der Waals surface area contributed by atoms with Crippen LogP contribution in [-0.4, -0.2) is 32.2 Å². The lowest BCUT2D eigenvalue weighted by Crippen LogP contribution is -3.13. The minimum atomic E-state index is -0.275. The molecule has 0 spiro atoms. The Labute approximate surface area is 140 Å². The predicted octanol–water partition coefficient (Wildman–Crippen LogP) is -1.37. The summed E-state index contributed by atoms with van der Waals surface area (Å²) in [5, 5.41) is 0. The fraction of sp³-hybridized carbons (Fsp3) is 0.588. The van der Waals surface area contributed by atoms with Gasteiger partial charge in [0.25, 0.3) is 0 Å². The number of esters is 1. The first-order chi connectivity index (χ1) is 9.88. The van der Waals surface area contributed by atoms with Crippen LogP contribution in [0.4, 0.5) is 5.69 Å². The summed E-state index contributed by atoms with van der Waals surface area (Å²) in [5.74, 6) is 1.02. The fourth-order valence-electron chi connectivity index (χ4n) is 2.43. The Morgan fingerprint density at radius 1 is 1.09 bits per heavy atom. The molecule has 0 saturated heterocycles. The Morgan fingerprint density at radius 3 is 2.05 bits per heavy atom. The summed E-state index contributed by atoms with van der Waals surface area (Å²) in [6, 6.07) is 6.83. The van der Waals surface area contributed by atoms with Gasteiger partial charge in [0, 0.05) is 17.5 Å². The van der Waals surface area contributed by atoms with E-state index < -0.39 is 0 Å². The normalized spacial score (nSPS) is 10.9. The SMILES string of the molecule is CC(C)C[NH+](CCOC(=O)c1ccc(N)cc1)CC(C)C.[Cl-]. The van der Waals surface area contributed by atoms with Gasteiger partial charge in [-0.05, 0) is 24.3 Å². The fourth-order valence-corrected chi connectivity index (χ4v) is 2.43. The lowest BCUT2D eigenvalue weighted by Gasteiger charge is -2.23. The van der Waals surface area contributed by atoms with E-state index in [1.165, 1.54) is 4.90 Å². The number of carbonyl (C=O) groups is 1. The van der Waals surface area contributed by atoms with Gasteiger partial charge < -0.3 is 27.8 Å². The van der Waals surface area contributed by atoms with Crippen LogP contribution < -0.4 is 23.0 Å². The van der Waals surface area contributed by atoms with Crippen molar-refractivity contribution in [3.05, 3.63) is 29.8 Å². The van der Waals surface area contributed by atoms with Crippen LogP contribution in [0.1, 0.15) is 38.1 Å². The lowest BCUT2D eigenvalue weighted by molar-refractivity contribution is -0.906. The van der Waals surface area contributed by atoms with E-state index in [0.717, 1.165) is 19.6 Å². The monoisotopic (exact) mass is 328 g/mol. The molecule has 0 radical (unpaired) electrons. The molecule has 1 rings (SSSR count). The zero-order chi connectivity index (χ0) is 15.8. The molecule has 126 valence electrons. The summed E-state index contributed by atoms with van der Waals surface area (Å²) in [4.78, 5) is 13.4. The molecule has 0 fully saturated rings.